The zero-order valence-electron chi connectivity index (χ0n) is 9.77. The van der Waals surface area contributed by atoms with E-state index in [4.69, 9.17) is 10.5 Å². The Balaban J connectivity index is 2.05. The van der Waals surface area contributed by atoms with Crippen LogP contribution in [0.1, 0.15) is 15.9 Å². The summed E-state index contributed by atoms with van der Waals surface area (Å²) in [6, 6.07) is 4.83. The van der Waals surface area contributed by atoms with Crippen LogP contribution in [-0.4, -0.2) is 11.0 Å². The minimum atomic E-state index is -0.846. The molecule has 0 unspecified atom stereocenters. The molecule has 0 aliphatic carbocycles. The number of benzene rings is 1. The zero-order chi connectivity index (χ0) is 13.8. The van der Waals surface area contributed by atoms with Crippen LogP contribution in [0.2, 0.25) is 0 Å². The van der Waals surface area contributed by atoms with Crippen molar-refractivity contribution in [3.8, 4) is 0 Å². The third-order valence-electron chi connectivity index (χ3n) is 2.34. The van der Waals surface area contributed by atoms with Crippen molar-refractivity contribution in [3.05, 3.63) is 59.4 Å². The van der Waals surface area contributed by atoms with Crippen LogP contribution in [0.15, 0.2) is 36.7 Å². The summed E-state index contributed by atoms with van der Waals surface area (Å²) in [5, 5.41) is 0. The Bertz CT molecular complexity index is 617. The highest BCUT2D eigenvalue weighted by molar-refractivity contribution is 5.90. The maximum Gasteiger partial charge on any atom is 0.341 e. The van der Waals surface area contributed by atoms with Crippen molar-refractivity contribution in [1.82, 2.24) is 4.98 Å². The summed E-state index contributed by atoms with van der Waals surface area (Å²) in [7, 11) is 0. The Kier molecular flexibility index (Phi) is 3.70. The summed E-state index contributed by atoms with van der Waals surface area (Å²) in [6.07, 6.45) is 2.39. The Morgan fingerprint density at radius 3 is 2.74 bits per heavy atom. The molecule has 1 heterocycles. The molecule has 2 aromatic rings. The molecule has 0 saturated heterocycles. The van der Waals surface area contributed by atoms with E-state index in [9.17, 15) is 13.6 Å². The minimum absolute atomic E-state index is 0.187. The van der Waals surface area contributed by atoms with Crippen LogP contribution >= 0.6 is 0 Å². The molecule has 2 N–H and O–H groups in total. The number of anilines is 1. The number of esters is 1. The molecule has 0 fully saturated rings. The molecule has 0 saturated carbocycles. The van der Waals surface area contributed by atoms with E-state index in [1.165, 1.54) is 24.4 Å². The second kappa shape index (κ2) is 5.43. The number of nitrogens with zero attached hydrogens (tertiary/aromatic N) is 1. The van der Waals surface area contributed by atoms with Gasteiger partial charge in [0.25, 0.3) is 0 Å². The molecule has 19 heavy (non-hydrogen) atoms. The lowest BCUT2D eigenvalue weighted by atomic mass is 10.2. The number of hydrogen-bond acceptors (Lipinski definition) is 4. The molecule has 0 aliphatic rings. The van der Waals surface area contributed by atoms with Crippen molar-refractivity contribution in [2.24, 2.45) is 0 Å². The number of carbonyl (C=O) groups is 1. The molecule has 0 atom stereocenters. The fraction of sp³-hybridized carbons (Fsp3) is 0.0769. The highest BCUT2D eigenvalue weighted by Crippen LogP contribution is 2.14. The van der Waals surface area contributed by atoms with Gasteiger partial charge in [0, 0.05) is 17.4 Å². The third kappa shape index (κ3) is 3.25. The van der Waals surface area contributed by atoms with Gasteiger partial charge >= 0.3 is 5.97 Å². The van der Waals surface area contributed by atoms with Crippen LogP contribution in [0.5, 0.6) is 0 Å². The lowest BCUT2D eigenvalue weighted by molar-refractivity contribution is 0.0466. The van der Waals surface area contributed by atoms with Gasteiger partial charge < -0.3 is 10.5 Å². The average molecular weight is 264 g/mol. The first kappa shape index (κ1) is 12.9. The van der Waals surface area contributed by atoms with E-state index in [-0.39, 0.29) is 17.9 Å². The molecule has 2 rings (SSSR count). The van der Waals surface area contributed by atoms with Gasteiger partial charge in [-0.2, -0.15) is 0 Å². The fourth-order valence-electron chi connectivity index (χ4n) is 1.46. The van der Waals surface area contributed by atoms with Gasteiger partial charge in [0.05, 0.1) is 11.8 Å². The van der Waals surface area contributed by atoms with Crippen molar-refractivity contribution in [3.63, 3.8) is 0 Å². The first-order valence-corrected chi connectivity index (χ1v) is 5.38. The lowest BCUT2D eigenvalue weighted by Gasteiger charge is -2.06. The Hall–Kier alpha value is -2.50. The van der Waals surface area contributed by atoms with Gasteiger partial charge in [0.15, 0.2) is 0 Å². The summed E-state index contributed by atoms with van der Waals surface area (Å²) >= 11 is 0. The van der Waals surface area contributed by atoms with E-state index in [1.54, 1.807) is 0 Å². The Morgan fingerprint density at radius 2 is 2.05 bits per heavy atom. The fourth-order valence-corrected chi connectivity index (χ4v) is 1.46. The van der Waals surface area contributed by atoms with Crippen LogP contribution in [0.25, 0.3) is 0 Å². The summed E-state index contributed by atoms with van der Waals surface area (Å²) < 4.78 is 31.1. The lowest BCUT2D eigenvalue weighted by Crippen LogP contribution is -2.08. The number of aromatic nitrogens is 1. The van der Waals surface area contributed by atoms with Crippen LogP contribution < -0.4 is 5.73 Å². The van der Waals surface area contributed by atoms with Crippen LogP contribution in [0.3, 0.4) is 0 Å². The second-order valence-corrected chi connectivity index (χ2v) is 3.83. The SMILES string of the molecule is Nc1ccc(C(=O)OCc2cncc(F)c2)c(F)c1. The number of nitrogens with two attached hydrogens (primary N) is 1. The van der Waals surface area contributed by atoms with Crippen LogP contribution in [-0.2, 0) is 11.3 Å². The average Bonchev–Trinajstić information content (AvgIpc) is 2.36. The van der Waals surface area contributed by atoms with Gasteiger partial charge in [-0.25, -0.2) is 13.6 Å². The van der Waals surface area contributed by atoms with Crippen LogP contribution in [0.4, 0.5) is 14.5 Å². The smallest absolute Gasteiger partial charge is 0.341 e. The number of rotatable bonds is 3. The number of pyridine rings is 1. The molecule has 1 aromatic carbocycles. The van der Waals surface area contributed by atoms with Gasteiger partial charge in [0.2, 0.25) is 0 Å². The first-order chi connectivity index (χ1) is 9.06. The van der Waals surface area contributed by atoms with Gasteiger partial charge in [-0.15, -0.1) is 0 Å². The van der Waals surface area contributed by atoms with Crippen molar-refractivity contribution < 1.29 is 18.3 Å². The van der Waals surface area contributed by atoms with E-state index in [0.29, 0.717) is 5.56 Å². The highest BCUT2D eigenvalue weighted by atomic mass is 19.1. The summed E-state index contributed by atoms with van der Waals surface area (Å²) in [5.41, 5.74) is 5.73. The standard InChI is InChI=1S/C13H10F2N2O2/c14-9-3-8(5-17-6-9)7-19-13(18)11-2-1-10(16)4-12(11)15/h1-6H,7,16H2. The second-order valence-electron chi connectivity index (χ2n) is 3.83. The van der Waals surface area contributed by atoms with Gasteiger partial charge in [-0.05, 0) is 24.3 Å². The van der Waals surface area contributed by atoms with E-state index in [2.05, 4.69) is 4.98 Å². The molecule has 4 nitrogen and oxygen atoms in total. The molecule has 1 aromatic heterocycles. The van der Waals surface area contributed by atoms with Crippen molar-refractivity contribution >= 4 is 11.7 Å². The van der Waals surface area contributed by atoms with Crippen molar-refractivity contribution in [2.45, 2.75) is 6.61 Å². The van der Waals surface area contributed by atoms with E-state index in [1.807, 2.05) is 0 Å². The number of halogens is 2. The number of carbonyl (C=O) groups excluding carboxylic acids is 1. The third-order valence-corrected chi connectivity index (χ3v) is 2.34. The molecule has 0 aliphatic heterocycles. The van der Waals surface area contributed by atoms with E-state index in [0.717, 1.165) is 12.3 Å². The van der Waals surface area contributed by atoms with Gasteiger partial charge in [-0.1, -0.05) is 0 Å². The molecule has 0 radical (unpaired) electrons. The predicted octanol–water partition coefficient (Wildman–Crippen LogP) is 2.30. The zero-order valence-corrected chi connectivity index (χ0v) is 9.77. The van der Waals surface area contributed by atoms with E-state index < -0.39 is 17.6 Å². The highest BCUT2D eigenvalue weighted by Gasteiger charge is 2.13. The molecular weight excluding hydrogens is 254 g/mol. The van der Waals surface area contributed by atoms with Crippen LogP contribution in [0, 0.1) is 11.6 Å². The van der Waals surface area contributed by atoms with Gasteiger partial charge in [-0.3, -0.25) is 4.98 Å². The topological polar surface area (TPSA) is 65.2 Å². The Morgan fingerprint density at radius 1 is 1.26 bits per heavy atom. The maximum atomic E-state index is 13.4. The molecule has 6 heteroatoms. The quantitative estimate of drug-likeness (QED) is 0.682. The number of nitrogen functional groups attached to an aromatic ring is 1. The summed E-state index contributed by atoms with van der Waals surface area (Å²) in [6.45, 7) is -0.187. The monoisotopic (exact) mass is 264 g/mol. The molecule has 98 valence electrons. The number of hydrogen-bond donors (Lipinski definition) is 1. The molecule has 0 spiro atoms. The molecule has 0 amide bonds. The number of ether oxygens (including phenoxy) is 1. The first-order valence-electron chi connectivity index (χ1n) is 5.38. The molecular formula is C13H10F2N2O2. The van der Waals surface area contributed by atoms with Gasteiger partial charge in [0.1, 0.15) is 18.2 Å². The normalized spacial score (nSPS) is 10.2. The van der Waals surface area contributed by atoms with E-state index >= 15 is 0 Å². The molecule has 0 bridgehead atoms. The van der Waals surface area contributed by atoms with Crippen molar-refractivity contribution in [2.75, 3.05) is 5.73 Å². The summed E-state index contributed by atoms with van der Waals surface area (Å²) in [5.74, 6) is -2.14. The Labute approximate surface area is 107 Å². The summed E-state index contributed by atoms with van der Waals surface area (Å²) in [4.78, 5) is 15.2. The minimum Gasteiger partial charge on any atom is -0.457 e. The van der Waals surface area contributed by atoms with Crippen molar-refractivity contribution in [1.29, 1.82) is 0 Å². The maximum absolute atomic E-state index is 13.4. The largest absolute Gasteiger partial charge is 0.457 e. The predicted molar refractivity (Wildman–Crippen MR) is 64.1 cm³/mol.